The summed E-state index contributed by atoms with van der Waals surface area (Å²) in [5.41, 5.74) is 2.49. The summed E-state index contributed by atoms with van der Waals surface area (Å²) in [6, 6.07) is 9.47. The second-order valence-electron chi connectivity index (χ2n) is 6.95. The third-order valence-electron chi connectivity index (χ3n) is 5.22. The highest BCUT2D eigenvalue weighted by Crippen LogP contribution is 2.35. The predicted octanol–water partition coefficient (Wildman–Crippen LogP) is 4.46. The van der Waals surface area contributed by atoms with Crippen LogP contribution in [-0.2, 0) is 12.6 Å². The molecule has 0 bridgehead atoms. The SMILES string of the molecule is Cn1nccc1-c1csc(C(=O)NC2(c3ccc(Cl)c(Cl)c3)CCNCC2)c1. The van der Waals surface area contributed by atoms with Crippen LogP contribution in [0.2, 0.25) is 10.0 Å². The summed E-state index contributed by atoms with van der Waals surface area (Å²) >= 11 is 13.8. The van der Waals surface area contributed by atoms with Gasteiger partial charge in [-0.1, -0.05) is 29.3 Å². The fourth-order valence-corrected chi connectivity index (χ4v) is 4.75. The Morgan fingerprint density at radius 1 is 1.21 bits per heavy atom. The Morgan fingerprint density at radius 3 is 2.68 bits per heavy atom. The summed E-state index contributed by atoms with van der Waals surface area (Å²) in [6.45, 7) is 1.65. The van der Waals surface area contributed by atoms with E-state index in [4.69, 9.17) is 23.2 Å². The highest BCUT2D eigenvalue weighted by Gasteiger charge is 2.36. The van der Waals surface area contributed by atoms with E-state index in [0.717, 1.165) is 42.8 Å². The van der Waals surface area contributed by atoms with Gasteiger partial charge in [0.05, 0.1) is 26.2 Å². The van der Waals surface area contributed by atoms with Crippen LogP contribution in [0.3, 0.4) is 0 Å². The van der Waals surface area contributed by atoms with Gasteiger partial charge in [-0.2, -0.15) is 5.10 Å². The maximum Gasteiger partial charge on any atom is 0.262 e. The molecule has 1 amide bonds. The van der Waals surface area contributed by atoms with E-state index in [1.54, 1.807) is 16.9 Å². The largest absolute Gasteiger partial charge is 0.342 e. The zero-order valence-electron chi connectivity index (χ0n) is 15.3. The van der Waals surface area contributed by atoms with Crippen molar-refractivity contribution in [2.24, 2.45) is 7.05 Å². The van der Waals surface area contributed by atoms with Gasteiger partial charge < -0.3 is 10.6 Å². The molecule has 28 heavy (non-hydrogen) atoms. The number of piperidine rings is 1. The number of thiophene rings is 1. The molecule has 0 spiro atoms. The van der Waals surface area contributed by atoms with Gasteiger partial charge in [0.15, 0.2) is 0 Å². The normalized spacial score (nSPS) is 16.1. The summed E-state index contributed by atoms with van der Waals surface area (Å²) in [5.74, 6) is -0.0774. The number of nitrogens with zero attached hydrogens (tertiary/aromatic N) is 2. The average Bonchev–Trinajstić information content (AvgIpc) is 3.33. The van der Waals surface area contributed by atoms with Gasteiger partial charge in [-0.25, -0.2) is 0 Å². The van der Waals surface area contributed by atoms with Crippen LogP contribution in [0.25, 0.3) is 11.3 Å². The number of nitrogens with one attached hydrogen (secondary N) is 2. The van der Waals surface area contributed by atoms with E-state index in [1.165, 1.54) is 11.3 Å². The summed E-state index contributed by atoms with van der Waals surface area (Å²) in [4.78, 5) is 13.8. The van der Waals surface area contributed by atoms with Crippen molar-refractivity contribution in [2.75, 3.05) is 13.1 Å². The first-order chi connectivity index (χ1) is 13.5. The first-order valence-electron chi connectivity index (χ1n) is 9.04. The number of halogens is 2. The van der Waals surface area contributed by atoms with Crippen LogP contribution >= 0.6 is 34.5 Å². The second-order valence-corrected chi connectivity index (χ2v) is 8.68. The molecule has 0 radical (unpaired) electrons. The topological polar surface area (TPSA) is 59.0 Å². The molecule has 4 rings (SSSR count). The third kappa shape index (κ3) is 3.70. The van der Waals surface area contributed by atoms with Gasteiger partial charge in [0.2, 0.25) is 0 Å². The average molecular weight is 435 g/mol. The highest BCUT2D eigenvalue weighted by molar-refractivity contribution is 7.12. The predicted molar refractivity (Wildman–Crippen MR) is 114 cm³/mol. The van der Waals surface area contributed by atoms with E-state index in [0.29, 0.717) is 14.9 Å². The van der Waals surface area contributed by atoms with Crippen LogP contribution in [0.5, 0.6) is 0 Å². The molecule has 5 nitrogen and oxygen atoms in total. The zero-order chi connectivity index (χ0) is 19.7. The molecule has 1 saturated heterocycles. The minimum absolute atomic E-state index is 0.0774. The lowest BCUT2D eigenvalue weighted by Crippen LogP contribution is -2.52. The molecule has 2 N–H and O–H groups in total. The Kier molecular flexibility index (Phi) is 5.47. The summed E-state index contributed by atoms with van der Waals surface area (Å²) in [5, 5.41) is 13.9. The number of amides is 1. The lowest BCUT2D eigenvalue weighted by Gasteiger charge is -2.39. The van der Waals surface area contributed by atoms with Crippen molar-refractivity contribution in [3.63, 3.8) is 0 Å². The summed E-state index contributed by atoms with van der Waals surface area (Å²) in [7, 11) is 1.89. The van der Waals surface area contributed by atoms with E-state index in [-0.39, 0.29) is 5.91 Å². The Morgan fingerprint density at radius 2 is 2.00 bits per heavy atom. The molecule has 0 aliphatic carbocycles. The maximum atomic E-state index is 13.1. The lowest BCUT2D eigenvalue weighted by molar-refractivity contribution is 0.0876. The number of rotatable bonds is 4. The monoisotopic (exact) mass is 434 g/mol. The first-order valence-corrected chi connectivity index (χ1v) is 10.7. The fourth-order valence-electron chi connectivity index (χ4n) is 3.66. The van der Waals surface area contributed by atoms with Gasteiger partial charge >= 0.3 is 0 Å². The number of carbonyl (C=O) groups excluding carboxylic acids is 1. The van der Waals surface area contributed by atoms with Crippen molar-refractivity contribution in [1.29, 1.82) is 0 Å². The van der Waals surface area contributed by atoms with Gasteiger partial charge in [0.25, 0.3) is 5.91 Å². The van der Waals surface area contributed by atoms with Crippen LogP contribution in [0.15, 0.2) is 41.9 Å². The molecule has 0 unspecified atom stereocenters. The Balaban J connectivity index is 1.62. The van der Waals surface area contributed by atoms with Crippen molar-refractivity contribution < 1.29 is 4.79 Å². The first kappa shape index (κ1) is 19.5. The van der Waals surface area contributed by atoms with Crippen molar-refractivity contribution in [3.05, 3.63) is 62.4 Å². The van der Waals surface area contributed by atoms with Crippen LogP contribution < -0.4 is 10.6 Å². The number of carbonyl (C=O) groups is 1. The number of hydrogen-bond acceptors (Lipinski definition) is 4. The second kappa shape index (κ2) is 7.87. The van der Waals surface area contributed by atoms with E-state index in [2.05, 4.69) is 15.7 Å². The van der Waals surface area contributed by atoms with Crippen LogP contribution in [0.4, 0.5) is 0 Å². The fraction of sp³-hybridized carbons (Fsp3) is 0.300. The third-order valence-corrected chi connectivity index (χ3v) is 6.89. The zero-order valence-corrected chi connectivity index (χ0v) is 17.7. The Hall–Kier alpha value is -1.86. The van der Waals surface area contributed by atoms with Crippen LogP contribution in [0, 0.1) is 0 Å². The molecule has 1 aliphatic heterocycles. The van der Waals surface area contributed by atoms with Crippen molar-refractivity contribution in [1.82, 2.24) is 20.4 Å². The van der Waals surface area contributed by atoms with Crippen molar-refractivity contribution in [3.8, 4) is 11.3 Å². The summed E-state index contributed by atoms with van der Waals surface area (Å²) in [6.07, 6.45) is 3.33. The van der Waals surface area contributed by atoms with Gasteiger partial charge in [-0.3, -0.25) is 9.48 Å². The molecule has 2 aromatic heterocycles. The molecular weight excluding hydrogens is 415 g/mol. The van der Waals surface area contributed by atoms with E-state index >= 15 is 0 Å². The Bertz CT molecular complexity index is 1010. The lowest BCUT2D eigenvalue weighted by atomic mass is 9.81. The molecule has 1 aliphatic rings. The molecule has 0 atom stereocenters. The molecule has 146 valence electrons. The number of aryl methyl sites for hydroxylation is 1. The molecule has 1 aromatic carbocycles. The van der Waals surface area contributed by atoms with E-state index in [9.17, 15) is 4.79 Å². The van der Waals surface area contributed by atoms with Gasteiger partial charge in [0.1, 0.15) is 0 Å². The van der Waals surface area contributed by atoms with Gasteiger partial charge in [-0.15, -0.1) is 11.3 Å². The molecular formula is C20H20Cl2N4OS. The molecule has 0 saturated carbocycles. The van der Waals surface area contributed by atoms with Crippen LogP contribution in [0.1, 0.15) is 28.1 Å². The van der Waals surface area contributed by atoms with Crippen molar-refractivity contribution in [2.45, 2.75) is 18.4 Å². The van der Waals surface area contributed by atoms with Crippen LogP contribution in [-0.4, -0.2) is 28.8 Å². The standard InChI is InChI=1S/C20H20Cl2N4OS/c1-26-17(4-7-24-26)13-10-18(28-12-13)19(27)25-20(5-8-23-9-6-20)14-2-3-15(21)16(22)11-14/h2-4,7,10-12,23H,5-6,8-9H2,1H3,(H,25,27). The van der Waals surface area contributed by atoms with E-state index < -0.39 is 5.54 Å². The molecule has 1 fully saturated rings. The van der Waals surface area contributed by atoms with Gasteiger partial charge in [0, 0.05) is 24.2 Å². The highest BCUT2D eigenvalue weighted by atomic mass is 35.5. The summed E-state index contributed by atoms with van der Waals surface area (Å²) < 4.78 is 1.80. The van der Waals surface area contributed by atoms with Gasteiger partial charge in [-0.05, 0) is 55.8 Å². The molecule has 3 aromatic rings. The minimum atomic E-state index is -0.465. The smallest absolute Gasteiger partial charge is 0.262 e. The van der Waals surface area contributed by atoms with Crippen molar-refractivity contribution >= 4 is 40.4 Å². The number of benzene rings is 1. The number of aromatic nitrogens is 2. The quantitative estimate of drug-likeness (QED) is 0.636. The van der Waals surface area contributed by atoms with E-state index in [1.807, 2.05) is 36.7 Å². The number of hydrogen-bond donors (Lipinski definition) is 2. The molecule has 3 heterocycles. The minimum Gasteiger partial charge on any atom is -0.342 e. The Labute approximate surface area is 177 Å². The maximum absolute atomic E-state index is 13.1. The molecule has 8 heteroatoms.